The molecule has 33 heavy (non-hydrogen) atoms. The van der Waals surface area contributed by atoms with Gasteiger partial charge in [0.2, 0.25) is 5.43 Å². The lowest BCUT2D eigenvalue weighted by Crippen LogP contribution is -2.37. The van der Waals surface area contributed by atoms with E-state index in [1.165, 1.54) is 16.8 Å². The predicted molar refractivity (Wildman–Crippen MR) is 128 cm³/mol. The molecule has 0 spiro atoms. The van der Waals surface area contributed by atoms with Crippen molar-refractivity contribution < 1.29 is 9.18 Å². The Hall–Kier alpha value is -3.58. The summed E-state index contributed by atoms with van der Waals surface area (Å²) >= 11 is 1.61. The van der Waals surface area contributed by atoms with E-state index in [0.717, 1.165) is 15.3 Å². The van der Waals surface area contributed by atoms with Crippen LogP contribution < -0.4 is 5.43 Å². The number of rotatable bonds is 7. The van der Waals surface area contributed by atoms with Crippen LogP contribution in [0.2, 0.25) is 0 Å². The minimum atomic E-state index is -0.481. The van der Waals surface area contributed by atoms with Crippen molar-refractivity contribution in [3.8, 4) is 5.69 Å². The number of halogens is 1. The Morgan fingerprint density at radius 2 is 1.76 bits per heavy atom. The molecule has 0 atom stereocenters. The smallest absolute Gasteiger partial charge is 0.278 e. The van der Waals surface area contributed by atoms with E-state index in [-0.39, 0.29) is 11.4 Å². The lowest BCUT2D eigenvalue weighted by Gasteiger charge is -2.22. The largest absolute Gasteiger partial charge is 0.332 e. The summed E-state index contributed by atoms with van der Waals surface area (Å²) in [6.45, 7) is 4.48. The molecule has 5 nitrogen and oxygen atoms in total. The molecule has 0 fully saturated rings. The molecule has 4 aromatic rings. The van der Waals surface area contributed by atoms with E-state index < -0.39 is 17.2 Å². The second-order valence-electron chi connectivity index (χ2n) is 7.84. The third kappa shape index (κ3) is 5.26. The number of nitrogens with zero attached hydrogens (tertiary/aromatic N) is 3. The molecule has 1 amide bonds. The van der Waals surface area contributed by atoms with E-state index in [0.29, 0.717) is 25.2 Å². The molecule has 168 valence electrons. The Morgan fingerprint density at radius 3 is 2.45 bits per heavy atom. The molecule has 7 heteroatoms. The maximum atomic E-state index is 14.4. The van der Waals surface area contributed by atoms with Crippen LogP contribution >= 0.6 is 11.3 Å². The number of thiophene rings is 1. The normalized spacial score (nSPS) is 10.9. The van der Waals surface area contributed by atoms with Gasteiger partial charge in [-0.1, -0.05) is 42.5 Å². The average Bonchev–Trinajstić information content (AvgIpc) is 3.22. The average molecular weight is 462 g/mol. The minimum Gasteiger partial charge on any atom is -0.332 e. The number of amides is 1. The number of aryl methyl sites for hydroxylation is 2. The van der Waals surface area contributed by atoms with E-state index >= 15 is 0 Å². The Bertz CT molecular complexity index is 1330. The Kier molecular flexibility index (Phi) is 6.79. The van der Waals surface area contributed by atoms with Crippen molar-refractivity contribution in [2.75, 3.05) is 6.54 Å². The number of aromatic nitrogens is 2. The summed E-state index contributed by atoms with van der Waals surface area (Å²) < 4.78 is 15.7. The highest BCUT2D eigenvalue weighted by atomic mass is 32.1. The van der Waals surface area contributed by atoms with E-state index in [1.54, 1.807) is 41.4 Å². The summed E-state index contributed by atoms with van der Waals surface area (Å²) in [5.74, 6) is -0.947. The first-order valence-electron chi connectivity index (χ1n) is 10.7. The molecule has 2 heterocycles. The van der Waals surface area contributed by atoms with Gasteiger partial charge >= 0.3 is 0 Å². The molecular formula is C26H24FN3O2S. The predicted octanol–water partition coefficient (Wildman–Crippen LogP) is 4.94. The molecule has 0 radical (unpaired) electrons. The zero-order valence-electron chi connectivity index (χ0n) is 18.5. The van der Waals surface area contributed by atoms with Crippen LogP contribution in [0.15, 0.2) is 77.6 Å². The maximum absolute atomic E-state index is 14.4. The van der Waals surface area contributed by atoms with Gasteiger partial charge in [0.15, 0.2) is 5.69 Å². The molecule has 0 aliphatic carbocycles. The molecule has 0 bridgehead atoms. The second kappa shape index (κ2) is 9.92. The molecule has 0 saturated heterocycles. The first kappa shape index (κ1) is 22.6. The van der Waals surface area contributed by atoms with Gasteiger partial charge in [-0.05, 0) is 50.1 Å². The van der Waals surface area contributed by atoms with Gasteiger partial charge < -0.3 is 4.90 Å². The summed E-state index contributed by atoms with van der Waals surface area (Å²) in [5.41, 5.74) is 1.04. The summed E-state index contributed by atoms with van der Waals surface area (Å²) in [7, 11) is 0. The van der Waals surface area contributed by atoms with Crippen molar-refractivity contribution in [1.29, 1.82) is 0 Å². The van der Waals surface area contributed by atoms with Crippen LogP contribution in [0.1, 0.15) is 31.5 Å². The minimum absolute atomic E-state index is 0.189. The third-order valence-corrected chi connectivity index (χ3v) is 6.32. The number of hydrogen-bond acceptors (Lipinski definition) is 4. The van der Waals surface area contributed by atoms with E-state index in [4.69, 9.17) is 0 Å². The van der Waals surface area contributed by atoms with Crippen LogP contribution in [-0.4, -0.2) is 27.1 Å². The summed E-state index contributed by atoms with van der Waals surface area (Å²) in [5, 5.41) is 4.30. The van der Waals surface area contributed by atoms with Gasteiger partial charge in [0.05, 0.1) is 6.54 Å². The molecule has 2 aromatic heterocycles. The highest BCUT2D eigenvalue weighted by Gasteiger charge is 2.23. The Balaban J connectivity index is 1.69. The molecule has 2 aromatic carbocycles. The topological polar surface area (TPSA) is 55.2 Å². The fourth-order valence-electron chi connectivity index (χ4n) is 3.63. The van der Waals surface area contributed by atoms with Crippen molar-refractivity contribution in [3.63, 3.8) is 0 Å². The van der Waals surface area contributed by atoms with E-state index in [1.807, 2.05) is 49.4 Å². The second-order valence-corrected chi connectivity index (χ2v) is 9.21. The van der Waals surface area contributed by atoms with Crippen molar-refractivity contribution >= 4 is 17.2 Å². The molecule has 0 aliphatic heterocycles. The molecule has 0 unspecified atom stereocenters. The van der Waals surface area contributed by atoms with E-state index in [9.17, 15) is 14.0 Å². The van der Waals surface area contributed by atoms with Gasteiger partial charge in [-0.2, -0.15) is 5.10 Å². The van der Waals surface area contributed by atoms with Gasteiger partial charge in [-0.25, -0.2) is 9.07 Å². The van der Waals surface area contributed by atoms with Crippen molar-refractivity contribution in [1.82, 2.24) is 14.7 Å². The highest BCUT2D eigenvalue weighted by Crippen LogP contribution is 2.19. The number of para-hydroxylation sites is 1. The fraction of sp³-hybridized carbons (Fsp3) is 0.192. The summed E-state index contributed by atoms with van der Waals surface area (Å²) in [6.07, 6.45) is 0.643. The van der Waals surface area contributed by atoms with Crippen LogP contribution in [0.4, 0.5) is 4.39 Å². The van der Waals surface area contributed by atoms with Gasteiger partial charge in [-0.3, -0.25) is 9.59 Å². The lowest BCUT2D eigenvalue weighted by atomic mass is 10.1. The zero-order chi connectivity index (χ0) is 23.4. The Morgan fingerprint density at radius 1 is 1.03 bits per heavy atom. The molecule has 4 rings (SSSR count). The van der Waals surface area contributed by atoms with Gasteiger partial charge in [0.1, 0.15) is 11.5 Å². The van der Waals surface area contributed by atoms with Crippen molar-refractivity contribution in [2.24, 2.45) is 0 Å². The highest BCUT2D eigenvalue weighted by molar-refractivity contribution is 7.11. The van der Waals surface area contributed by atoms with Gasteiger partial charge in [0.25, 0.3) is 5.91 Å². The fourth-order valence-corrected chi connectivity index (χ4v) is 4.54. The number of benzene rings is 2. The summed E-state index contributed by atoms with van der Waals surface area (Å²) in [4.78, 5) is 30.1. The van der Waals surface area contributed by atoms with Crippen molar-refractivity contribution in [2.45, 2.75) is 26.8 Å². The lowest BCUT2D eigenvalue weighted by molar-refractivity contribution is 0.0737. The van der Waals surface area contributed by atoms with Crippen LogP contribution in [-0.2, 0) is 13.0 Å². The molecule has 0 aliphatic rings. The van der Waals surface area contributed by atoms with Crippen LogP contribution in [0, 0.1) is 19.7 Å². The number of hydrogen-bond donors (Lipinski definition) is 0. The Labute approximate surface area is 195 Å². The van der Waals surface area contributed by atoms with Gasteiger partial charge in [0, 0.05) is 28.1 Å². The summed E-state index contributed by atoms with van der Waals surface area (Å²) in [6, 6.07) is 21.4. The first-order valence-corrected chi connectivity index (χ1v) is 11.5. The van der Waals surface area contributed by atoms with Crippen LogP contribution in [0.5, 0.6) is 0 Å². The van der Waals surface area contributed by atoms with Crippen LogP contribution in [0.3, 0.4) is 0 Å². The first-order chi connectivity index (χ1) is 15.9. The molecule has 0 N–H and O–H groups in total. The zero-order valence-corrected chi connectivity index (χ0v) is 19.3. The maximum Gasteiger partial charge on any atom is 0.278 e. The quantitative estimate of drug-likeness (QED) is 0.392. The number of carbonyl (C=O) groups is 1. The van der Waals surface area contributed by atoms with E-state index in [2.05, 4.69) is 5.10 Å². The number of carbonyl (C=O) groups excluding carboxylic acids is 1. The molecule has 0 saturated carbocycles. The molecular weight excluding hydrogens is 437 g/mol. The SMILES string of the molecule is Cc1ccc(CN(CCc2ccccc2)C(=O)c2nn(-c3ccccc3F)c(C)cc2=O)s1. The van der Waals surface area contributed by atoms with Crippen molar-refractivity contribution in [3.05, 3.63) is 116 Å². The third-order valence-electron chi connectivity index (χ3n) is 5.33. The monoisotopic (exact) mass is 461 g/mol. The van der Waals surface area contributed by atoms with Crippen LogP contribution in [0.25, 0.3) is 5.69 Å². The van der Waals surface area contributed by atoms with Gasteiger partial charge in [-0.15, -0.1) is 11.3 Å². The standard InChI is InChI=1S/C26H24FN3O2S/c1-18-16-24(31)25(28-30(18)23-11-7-6-10-22(23)27)26(32)29(17-21-13-12-19(2)33-21)15-14-20-8-4-3-5-9-20/h3-13,16H,14-15,17H2,1-2H3.